The van der Waals surface area contributed by atoms with Crippen molar-refractivity contribution < 1.29 is 9.53 Å². The third-order valence-corrected chi connectivity index (χ3v) is 4.78. The molecule has 6 heteroatoms. The van der Waals surface area contributed by atoms with Gasteiger partial charge in [0.05, 0.1) is 12.3 Å². The van der Waals surface area contributed by atoms with Crippen molar-refractivity contribution in [2.24, 2.45) is 5.92 Å². The number of benzene rings is 1. The summed E-state index contributed by atoms with van der Waals surface area (Å²) in [5, 5.41) is 3.10. The largest absolute Gasteiger partial charge is 0.380 e. The van der Waals surface area contributed by atoms with E-state index < -0.39 is 0 Å². The minimum atomic E-state index is 0.0978. The maximum atomic E-state index is 12.9. The highest BCUT2D eigenvalue weighted by atomic mass is 16.5. The highest BCUT2D eigenvalue weighted by Crippen LogP contribution is 2.24. The van der Waals surface area contributed by atoms with Gasteiger partial charge in [-0.3, -0.25) is 9.78 Å². The fourth-order valence-electron chi connectivity index (χ4n) is 3.56. The first-order valence-corrected chi connectivity index (χ1v) is 9.06. The number of likely N-dealkylation sites (tertiary alicyclic amines) is 1. The van der Waals surface area contributed by atoms with E-state index in [9.17, 15) is 4.79 Å². The molecule has 0 spiro atoms. The van der Waals surface area contributed by atoms with Crippen LogP contribution >= 0.6 is 0 Å². The number of hydrogen-bond acceptors (Lipinski definition) is 5. The van der Waals surface area contributed by atoms with Crippen molar-refractivity contribution in [2.45, 2.75) is 25.9 Å². The van der Waals surface area contributed by atoms with Crippen LogP contribution in [0.5, 0.6) is 0 Å². The Kier molecular flexibility index (Phi) is 6.17. The summed E-state index contributed by atoms with van der Waals surface area (Å²) < 4.78 is 5.17. The van der Waals surface area contributed by atoms with E-state index in [4.69, 9.17) is 4.74 Å². The molecule has 0 unspecified atom stereocenters. The monoisotopic (exact) mass is 354 g/mol. The maximum Gasteiger partial charge on any atom is 0.253 e. The summed E-state index contributed by atoms with van der Waals surface area (Å²) in [4.78, 5) is 23.7. The predicted molar refractivity (Wildman–Crippen MR) is 101 cm³/mol. The molecule has 1 aliphatic rings. The zero-order valence-corrected chi connectivity index (χ0v) is 15.4. The number of nitrogens with one attached hydrogen (secondary N) is 1. The maximum absolute atomic E-state index is 12.9. The molecule has 3 rings (SSSR count). The number of carbonyl (C=O) groups excluding carboxylic acids is 1. The van der Waals surface area contributed by atoms with Crippen LogP contribution in [0.25, 0.3) is 0 Å². The summed E-state index contributed by atoms with van der Waals surface area (Å²) in [5.41, 5.74) is 2.72. The highest BCUT2D eigenvalue weighted by Gasteiger charge is 2.25. The van der Waals surface area contributed by atoms with E-state index in [0.717, 1.165) is 55.0 Å². The molecule has 0 saturated carbocycles. The van der Waals surface area contributed by atoms with Crippen LogP contribution in [-0.2, 0) is 17.8 Å². The van der Waals surface area contributed by atoms with Crippen LogP contribution in [0.3, 0.4) is 0 Å². The van der Waals surface area contributed by atoms with Crippen molar-refractivity contribution in [1.29, 1.82) is 0 Å². The Bertz CT molecular complexity index is 750. The third kappa shape index (κ3) is 4.38. The Balaban J connectivity index is 1.68. The average Bonchev–Trinajstić information content (AvgIpc) is 2.68. The minimum Gasteiger partial charge on any atom is -0.380 e. The Morgan fingerprint density at radius 3 is 3.00 bits per heavy atom. The molecule has 2 aromatic rings. The molecule has 1 atom stereocenters. The Labute approximate surface area is 154 Å². The van der Waals surface area contributed by atoms with Gasteiger partial charge < -0.3 is 15.0 Å². The number of methoxy groups -OCH3 is 1. The molecule has 0 bridgehead atoms. The van der Waals surface area contributed by atoms with E-state index in [1.807, 2.05) is 36.2 Å². The first-order chi connectivity index (χ1) is 12.7. The van der Waals surface area contributed by atoms with Gasteiger partial charge in [0.2, 0.25) is 0 Å². The highest BCUT2D eigenvalue weighted by molar-refractivity contribution is 5.94. The molecule has 0 aliphatic carbocycles. The van der Waals surface area contributed by atoms with Gasteiger partial charge in [-0.1, -0.05) is 12.1 Å². The smallest absolute Gasteiger partial charge is 0.253 e. The van der Waals surface area contributed by atoms with Gasteiger partial charge >= 0.3 is 0 Å². The number of amides is 1. The molecule has 1 aromatic carbocycles. The molecule has 1 aliphatic heterocycles. The zero-order chi connectivity index (χ0) is 18.4. The van der Waals surface area contributed by atoms with E-state index in [0.29, 0.717) is 12.5 Å². The van der Waals surface area contributed by atoms with E-state index in [1.54, 1.807) is 19.5 Å². The first-order valence-electron chi connectivity index (χ1n) is 9.06. The van der Waals surface area contributed by atoms with Crippen molar-refractivity contribution in [1.82, 2.24) is 14.9 Å². The third-order valence-electron chi connectivity index (χ3n) is 4.78. The summed E-state index contributed by atoms with van der Waals surface area (Å²) >= 11 is 0. The molecule has 26 heavy (non-hydrogen) atoms. The summed E-state index contributed by atoms with van der Waals surface area (Å²) in [5.74, 6) is 1.32. The first kappa shape index (κ1) is 18.3. The van der Waals surface area contributed by atoms with Crippen molar-refractivity contribution >= 4 is 11.7 Å². The number of ether oxygens (including phenoxy) is 1. The van der Waals surface area contributed by atoms with E-state index >= 15 is 0 Å². The lowest BCUT2D eigenvalue weighted by Gasteiger charge is -2.33. The molecule has 1 aromatic heterocycles. The van der Waals surface area contributed by atoms with Gasteiger partial charge in [-0.15, -0.1) is 0 Å². The topological polar surface area (TPSA) is 67.4 Å². The summed E-state index contributed by atoms with van der Waals surface area (Å²) in [6.45, 7) is 2.08. The molecule has 2 heterocycles. The summed E-state index contributed by atoms with van der Waals surface area (Å²) in [7, 11) is 3.52. The van der Waals surface area contributed by atoms with E-state index in [-0.39, 0.29) is 5.91 Å². The van der Waals surface area contributed by atoms with E-state index in [1.165, 1.54) is 0 Å². The van der Waals surface area contributed by atoms with Gasteiger partial charge in [-0.2, -0.15) is 0 Å². The van der Waals surface area contributed by atoms with Crippen molar-refractivity contribution in [3.63, 3.8) is 0 Å². The number of aromatic nitrogens is 2. The molecule has 1 fully saturated rings. The van der Waals surface area contributed by atoms with Crippen LogP contribution in [-0.4, -0.2) is 48.0 Å². The second kappa shape index (κ2) is 8.76. The average molecular weight is 354 g/mol. The summed E-state index contributed by atoms with van der Waals surface area (Å²) in [6.07, 6.45) is 6.37. The zero-order valence-electron chi connectivity index (χ0n) is 15.4. The fraction of sp³-hybridized carbons (Fsp3) is 0.450. The number of anilines is 1. The molecule has 1 saturated heterocycles. The van der Waals surface area contributed by atoms with Gasteiger partial charge in [0.15, 0.2) is 0 Å². The summed E-state index contributed by atoms with van der Waals surface area (Å²) in [6, 6.07) is 7.71. The second-order valence-corrected chi connectivity index (χ2v) is 6.70. The quantitative estimate of drug-likeness (QED) is 0.864. The lowest BCUT2D eigenvalue weighted by Crippen LogP contribution is -2.40. The molecular formula is C20H26N4O2. The lowest BCUT2D eigenvalue weighted by atomic mass is 9.92. The number of piperidine rings is 1. The van der Waals surface area contributed by atoms with Gasteiger partial charge in [0.1, 0.15) is 5.82 Å². The number of carbonyl (C=O) groups is 1. The van der Waals surface area contributed by atoms with Crippen LogP contribution in [0.2, 0.25) is 0 Å². The van der Waals surface area contributed by atoms with Crippen molar-refractivity contribution in [3.8, 4) is 0 Å². The molecule has 138 valence electrons. The minimum absolute atomic E-state index is 0.0978. The number of nitrogens with zero attached hydrogens (tertiary/aromatic N) is 3. The van der Waals surface area contributed by atoms with Crippen LogP contribution < -0.4 is 5.32 Å². The van der Waals surface area contributed by atoms with Gasteiger partial charge in [-0.25, -0.2) is 4.98 Å². The molecule has 1 N–H and O–H groups in total. The van der Waals surface area contributed by atoms with Crippen LogP contribution in [0.4, 0.5) is 5.82 Å². The molecule has 0 radical (unpaired) electrons. The van der Waals surface area contributed by atoms with Crippen LogP contribution in [0.1, 0.15) is 34.5 Å². The SMILES string of the molecule is CNc1nccnc1C[C@H]1CCCN(C(=O)c2cccc(COC)c2)C1. The van der Waals surface area contributed by atoms with Gasteiger partial charge in [0.25, 0.3) is 5.91 Å². The Hall–Kier alpha value is -2.47. The predicted octanol–water partition coefficient (Wildman–Crippen LogP) is 2.76. The Morgan fingerprint density at radius 2 is 2.19 bits per heavy atom. The fourth-order valence-corrected chi connectivity index (χ4v) is 3.56. The standard InChI is InChI=1S/C20H26N4O2/c1-21-19-18(22-8-9-23-19)12-15-6-4-10-24(13-15)20(25)17-7-3-5-16(11-17)14-26-2/h3,5,7-9,11,15H,4,6,10,12-14H2,1-2H3,(H,21,23)/t15-/m1/s1. The molecule has 6 nitrogen and oxygen atoms in total. The number of hydrogen-bond donors (Lipinski definition) is 1. The van der Waals surface area contributed by atoms with Crippen molar-refractivity contribution in [3.05, 3.63) is 53.5 Å². The van der Waals surface area contributed by atoms with Crippen LogP contribution in [0, 0.1) is 5.92 Å². The Morgan fingerprint density at radius 1 is 1.35 bits per heavy atom. The van der Waals surface area contributed by atoms with E-state index in [2.05, 4.69) is 15.3 Å². The molecule has 1 amide bonds. The second-order valence-electron chi connectivity index (χ2n) is 6.70. The number of rotatable bonds is 6. The lowest BCUT2D eigenvalue weighted by molar-refractivity contribution is 0.0672. The normalized spacial score (nSPS) is 17.2. The van der Waals surface area contributed by atoms with Gasteiger partial charge in [-0.05, 0) is 42.9 Å². The molecular weight excluding hydrogens is 328 g/mol. The van der Waals surface area contributed by atoms with Gasteiger partial charge in [0, 0.05) is 45.2 Å². The van der Waals surface area contributed by atoms with Crippen molar-refractivity contribution in [2.75, 3.05) is 32.6 Å². The van der Waals surface area contributed by atoms with Crippen LogP contribution in [0.15, 0.2) is 36.7 Å².